The van der Waals surface area contributed by atoms with Crippen molar-refractivity contribution in [1.29, 1.82) is 0 Å². The summed E-state index contributed by atoms with van der Waals surface area (Å²) in [6, 6.07) is 0. The molecule has 0 aromatic rings. The number of hydrogen-bond donors (Lipinski definition) is 2. The van der Waals surface area contributed by atoms with E-state index in [9.17, 15) is 9.13 Å². The first kappa shape index (κ1) is 16.8. The zero-order valence-electron chi connectivity index (χ0n) is 6.71. The van der Waals surface area contributed by atoms with Gasteiger partial charge in [0.2, 0.25) is 0 Å². The van der Waals surface area contributed by atoms with Gasteiger partial charge in [0.1, 0.15) is 0 Å². The highest BCUT2D eigenvalue weighted by atomic mass is 31.1. The van der Waals surface area contributed by atoms with Crippen molar-refractivity contribution in [2.24, 2.45) is 0 Å². The molecule has 0 aliphatic rings. The molecule has 0 aliphatic heterocycles. The van der Waals surface area contributed by atoms with E-state index >= 15 is 0 Å². The van der Waals surface area contributed by atoms with Gasteiger partial charge in [-0.05, 0) is 0 Å². The summed E-state index contributed by atoms with van der Waals surface area (Å²) < 4.78 is 18.4. The zero-order chi connectivity index (χ0) is 9.15. The first-order chi connectivity index (χ1) is 4.46. The van der Waals surface area contributed by atoms with Gasteiger partial charge in [-0.3, -0.25) is 9.13 Å². The Labute approximate surface area is 63.0 Å². The van der Waals surface area contributed by atoms with Crippen LogP contribution in [0.5, 0.6) is 0 Å². The second-order valence-corrected chi connectivity index (χ2v) is 3.11. The Hall–Kier alpha value is 0.380. The largest absolute Gasteiger partial charge is 0.346 e. The Kier molecular flexibility index (Phi) is 27.1. The first-order valence-electron chi connectivity index (χ1n) is 2.86. The molecule has 0 aromatic carbocycles. The van der Waals surface area contributed by atoms with Gasteiger partial charge in [-0.15, -0.1) is 0 Å². The molecular weight excluding hydrogens is 174 g/mol. The molecule has 0 bridgehead atoms. The van der Waals surface area contributed by atoms with E-state index in [2.05, 4.69) is 0 Å². The van der Waals surface area contributed by atoms with Crippen molar-refractivity contribution >= 4 is 16.1 Å². The van der Waals surface area contributed by atoms with Crippen LogP contribution in [0.15, 0.2) is 0 Å². The van der Waals surface area contributed by atoms with Crippen molar-refractivity contribution in [3.05, 3.63) is 0 Å². The van der Waals surface area contributed by atoms with Crippen LogP contribution >= 0.6 is 16.1 Å². The van der Waals surface area contributed by atoms with Crippen LogP contribution in [0.25, 0.3) is 0 Å². The molecule has 2 unspecified atom stereocenters. The van der Waals surface area contributed by atoms with Crippen LogP contribution in [0.3, 0.4) is 0 Å². The summed E-state index contributed by atoms with van der Waals surface area (Å²) in [5.74, 6) is 0. The highest BCUT2D eigenvalue weighted by Gasteiger charge is 1.60. The van der Waals surface area contributed by atoms with E-state index < -0.39 is 16.1 Å². The van der Waals surface area contributed by atoms with E-state index in [0.29, 0.717) is 0 Å². The zero-order valence-corrected chi connectivity index (χ0v) is 8.71. The van der Waals surface area contributed by atoms with E-state index in [1.165, 1.54) is 13.3 Å². The van der Waals surface area contributed by atoms with E-state index in [1.807, 2.05) is 13.8 Å². The van der Waals surface area contributed by atoms with Gasteiger partial charge in [0, 0.05) is 13.3 Å². The molecule has 0 radical (unpaired) electrons. The normalized spacial score (nSPS) is 13.0. The predicted octanol–water partition coefficient (Wildman–Crippen LogP) is 1.19. The Morgan fingerprint density at radius 3 is 0.900 bits per heavy atom. The van der Waals surface area contributed by atoms with Crippen LogP contribution in [-0.2, 0) is 9.13 Å². The molecule has 0 rings (SSSR count). The third-order valence-electron chi connectivity index (χ3n) is 0. The van der Waals surface area contributed by atoms with Gasteiger partial charge in [-0.25, -0.2) is 0 Å². The van der Waals surface area contributed by atoms with Gasteiger partial charge in [-0.1, -0.05) is 13.8 Å². The summed E-state index contributed by atoms with van der Waals surface area (Å²) in [4.78, 5) is 15.2. The summed E-state index contributed by atoms with van der Waals surface area (Å²) in [5.41, 5.74) is 0. The van der Waals surface area contributed by atoms with E-state index in [1.54, 1.807) is 0 Å². The Balaban J connectivity index is -0.0000000787. The van der Waals surface area contributed by atoms with E-state index in [-0.39, 0.29) is 0 Å². The van der Waals surface area contributed by atoms with E-state index in [4.69, 9.17) is 9.79 Å². The van der Waals surface area contributed by atoms with Gasteiger partial charge in [0.05, 0.1) is 0 Å². The molecule has 2 atom stereocenters. The molecule has 0 heterocycles. The minimum Gasteiger partial charge on any atom is -0.346 e. The average Bonchev–Trinajstić information content (AvgIpc) is 1.66. The molecule has 0 fully saturated rings. The Bertz CT molecular complexity index is 73.3. The molecule has 0 amide bonds. The highest BCUT2D eigenvalue weighted by molar-refractivity contribution is 7.37. The summed E-state index contributed by atoms with van der Waals surface area (Å²) >= 11 is 0. The lowest BCUT2D eigenvalue weighted by molar-refractivity contribution is 0.508. The summed E-state index contributed by atoms with van der Waals surface area (Å²) in [7, 11) is -4.26. The lowest BCUT2D eigenvalue weighted by Gasteiger charge is -1.61. The lowest BCUT2D eigenvalue weighted by Crippen LogP contribution is -1.35. The van der Waals surface area contributed by atoms with Crippen LogP contribution in [0.1, 0.15) is 13.8 Å². The van der Waals surface area contributed by atoms with Gasteiger partial charge in [0.25, 0.3) is 0 Å². The fraction of sp³-hybridized carbons (Fsp3) is 1.00. The molecule has 6 heteroatoms. The molecule has 10 heavy (non-hydrogen) atoms. The molecule has 0 saturated carbocycles. The van der Waals surface area contributed by atoms with Crippen LogP contribution in [0, 0.1) is 0 Å². The second-order valence-electron chi connectivity index (χ2n) is 1.04. The third kappa shape index (κ3) is 3160. The van der Waals surface area contributed by atoms with Crippen molar-refractivity contribution in [2.45, 2.75) is 13.8 Å². The summed E-state index contributed by atoms with van der Waals surface area (Å²) in [6.07, 6.45) is 0. The van der Waals surface area contributed by atoms with Gasteiger partial charge in [0.15, 0.2) is 16.1 Å². The maximum absolute atomic E-state index is 9.19. The predicted molar refractivity (Wildman–Crippen MR) is 45.6 cm³/mol. The molecule has 0 aromatic heterocycles. The summed E-state index contributed by atoms with van der Waals surface area (Å²) in [5, 5.41) is 0. The maximum atomic E-state index is 9.19. The van der Waals surface area contributed by atoms with Gasteiger partial charge < -0.3 is 9.79 Å². The lowest BCUT2D eigenvalue weighted by atomic mass is 11.0. The van der Waals surface area contributed by atoms with Crippen molar-refractivity contribution in [3.63, 3.8) is 0 Å². The van der Waals surface area contributed by atoms with Crippen molar-refractivity contribution in [2.75, 3.05) is 13.3 Å². The maximum Gasteiger partial charge on any atom is 0.186 e. The van der Waals surface area contributed by atoms with Crippen LogP contribution < -0.4 is 0 Å². The Morgan fingerprint density at radius 1 is 0.900 bits per heavy atom. The summed E-state index contributed by atoms with van der Waals surface area (Å²) in [6.45, 7) is 6.54. The topological polar surface area (TPSA) is 74.6 Å². The fourth-order valence-electron chi connectivity index (χ4n) is 0. The minimum absolute atomic E-state index is 1.27. The molecule has 2 N–H and O–H groups in total. The molecule has 4 nitrogen and oxygen atoms in total. The third-order valence-corrected chi connectivity index (χ3v) is 0. The number of rotatable bonds is 0. The second kappa shape index (κ2) is 16.2. The average molecular weight is 190 g/mol. The molecule has 66 valence electrons. The Morgan fingerprint density at radius 2 is 0.900 bits per heavy atom. The van der Waals surface area contributed by atoms with Gasteiger partial charge >= 0.3 is 0 Å². The number of hydrogen-bond acceptors (Lipinski definition) is 2. The fourth-order valence-corrected chi connectivity index (χ4v) is 0. The minimum atomic E-state index is -2.13. The SMILES string of the molecule is CC.C[PH](=O)O.C[PH](=O)O. The highest BCUT2D eigenvalue weighted by Crippen LogP contribution is 2.00. The monoisotopic (exact) mass is 190 g/mol. The van der Waals surface area contributed by atoms with Crippen LogP contribution in [0.4, 0.5) is 0 Å². The molecule has 0 aliphatic carbocycles. The van der Waals surface area contributed by atoms with Crippen molar-refractivity contribution in [3.8, 4) is 0 Å². The quantitative estimate of drug-likeness (QED) is 0.562. The standard InChI is InChI=1S/C2H6.2CH5O2P/c1-2;2*1-4(2)3/h1-2H3;2*4H,1H3,(H,2,3). The molecule has 0 saturated heterocycles. The smallest absolute Gasteiger partial charge is 0.186 e. The van der Waals surface area contributed by atoms with Crippen LogP contribution in [-0.4, -0.2) is 23.1 Å². The van der Waals surface area contributed by atoms with Crippen molar-refractivity contribution < 1.29 is 18.9 Å². The van der Waals surface area contributed by atoms with E-state index in [0.717, 1.165) is 0 Å². The van der Waals surface area contributed by atoms with Gasteiger partial charge in [-0.2, -0.15) is 0 Å². The molecule has 0 spiro atoms. The first-order valence-corrected chi connectivity index (χ1v) is 6.57. The molecular formula is C4H16O4P2. The van der Waals surface area contributed by atoms with Crippen molar-refractivity contribution in [1.82, 2.24) is 0 Å². The van der Waals surface area contributed by atoms with Crippen LogP contribution in [0.2, 0.25) is 0 Å².